The lowest BCUT2D eigenvalue weighted by molar-refractivity contribution is 0.774. The van der Waals surface area contributed by atoms with Gasteiger partial charge in [0.15, 0.2) is 0 Å². The summed E-state index contributed by atoms with van der Waals surface area (Å²) >= 11 is 1.86. The summed E-state index contributed by atoms with van der Waals surface area (Å²) in [5.74, 6) is 0.489. The molecule has 11 aromatic rings. The largest absolute Gasteiger partial charge is 0.310 e. The Kier molecular flexibility index (Phi) is 8.47. The maximum Gasteiger partial charge on any atom is 0.0468 e. The first kappa shape index (κ1) is 35.7. The summed E-state index contributed by atoms with van der Waals surface area (Å²) < 4.78 is 2.62. The van der Waals surface area contributed by atoms with Gasteiger partial charge < -0.3 is 4.90 Å². The van der Waals surface area contributed by atoms with Crippen LogP contribution >= 0.6 is 11.3 Å². The molecule has 2 heteroatoms. The lowest BCUT2D eigenvalue weighted by Gasteiger charge is -2.26. The molecule has 0 radical (unpaired) electrons. The highest BCUT2D eigenvalue weighted by Crippen LogP contribution is 2.45. The third-order valence-electron chi connectivity index (χ3n) is 12.9. The number of benzene rings is 10. The first-order valence-corrected chi connectivity index (χ1v) is 22.1. The quantitative estimate of drug-likeness (QED) is 0.152. The lowest BCUT2D eigenvalue weighted by atomic mass is 9.82. The van der Waals surface area contributed by atoms with E-state index in [-0.39, 0.29) is 0 Å². The van der Waals surface area contributed by atoms with Crippen LogP contribution in [-0.2, 0) is 0 Å². The summed E-state index contributed by atoms with van der Waals surface area (Å²) in [7, 11) is 0. The second kappa shape index (κ2) is 14.5. The lowest BCUT2D eigenvalue weighted by Crippen LogP contribution is -2.09. The van der Waals surface area contributed by atoms with Crippen molar-refractivity contribution in [3.05, 3.63) is 217 Å². The number of fused-ring (bicyclic) bond motifs is 9. The molecule has 1 aliphatic carbocycles. The molecule has 0 amide bonds. The average molecular weight is 796 g/mol. The monoisotopic (exact) mass is 795 g/mol. The maximum atomic E-state index is 2.45. The molecule has 0 N–H and O–H groups in total. The molecule has 1 atom stereocenters. The molecular formula is C59H41NS. The van der Waals surface area contributed by atoms with Crippen molar-refractivity contribution >= 4 is 87.0 Å². The standard InChI is InChI=1S/C59H41NS/c1-38-13-12-23-50-49-19-7-8-20-51(49)55(37-54(38)50)40-27-31-43(32-28-40)60(44-33-34-59-57(36-44)53-22-10-11-24-58(53)61-59)42-29-25-39(26-30-42)45-15-4-5-18-48(45)56-35-41-14-2-3-16-46(41)47-17-6-9-21-52(47)56/h2-12,14-38H,13H2,1H3. The summed E-state index contributed by atoms with van der Waals surface area (Å²) in [6.45, 7) is 2.35. The molecule has 1 nitrogen and oxygen atoms in total. The highest BCUT2D eigenvalue weighted by molar-refractivity contribution is 7.25. The molecule has 0 spiro atoms. The van der Waals surface area contributed by atoms with Crippen molar-refractivity contribution in [2.45, 2.75) is 19.3 Å². The van der Waals surface area contributed by atoms with E-state index >= 15 is 0 Å². The molecule has 1 unspecified atom stereocenters. The van der Waals surface area contributed by atoms with Crippen LogP contribution in [-0.4, -0.2) is 0 Å². The minimum Gasteiger partial charge on any atom is -0.310 e. The Hall–Kier alpha value is -7.26. The van der Waals surface area contributed by atoms with E-state index in [0.717, 1.165) is 23.5 Å². The van der Waals surface area contributed by atoms with Crippen molar-refractivity contribution in [2.24, 2.45) is 0 Å². The highest BCUT2D eigenvalue weighted by Gasteiger charge is 2.20. The fourth-order valence-corrected chi connectivity index (χ4v) is 11.0. The second-order valence-corrected chi connectivity index (χ2v) is 17.5. The van der Waals surface area contributed by atoms with Crippen LogP contribution < -0.4 is 4.90 Å². The van der Waals surface area contributed by atoms with Gasteiger partial charge in [-0.3, -0.25) is 0 Å². The van der Waals surface area contributed by atoms with Crippen LogP contribution in [0.4, 0.5) is 17.1 Å². The number of thiophene rings is 1. The van der Waals surface area contributed by atoms with Crippen LogP contribution in [0.3, 0.4) is 0 Å². The molecule has 0 fully saturated rings. The van der Waals surface area contributed by atoms with Crippen LogP contribution in [0, 0.1) is 0 Å². The van der Waals surface area contributed by atoms with E-state index in [0.29, 0.717) is 5.92 Å². The Morgan fingerprint density at radius 1 is 0.410 bits per heavy atom. The molecule has 1 aliphatic rings. The van der Waals surface area contributed by atoms with Gasteiger partial charge in [-0.2, -0.15) is 0 Å². The van der Waals surface area contributed by atoms with Gasteiger partial charge in [0, 0.05) is 37.2 Å². The van der Waals surface area contributed by atoms with E-state index in [2.05, 4.69) is 224 Å². The summed E-state index contributed by atoms with van der Waals surface area (Å²) in [5.41, 5.74) is 13.6. The third kappa shape index (κ3) is 5.98. The van der Waals surface area contributed by atoms with Gasteiger partial charge in [0.2, 0.25) is 0 Å². The van der Waals surface area contributed by atoms with E-state index in [4.69, 9.17) is 0 Å². The molecule has 0 bridgehead atoms. The predicted molar refractivity (Wildman–Crippen MR) is 265 cm³/mol. The van der Waals surface area contributed by atoms with Crippen molar-refractivity contribution in [1.82, 2.24) is 0 Å². The zero-order valence-corrected chi connectivity index (χ0v) is 34.7. The predicted octanol–water partition coefficient (Wildman–Crippen LogP) is 17.5. The van der Waals surface area contributed by atoms with Crippen molar-refractivity contribution < 1.29 is 0 Å². The van der Waals surface area contributed by atoms with E-state index in [1.807, 2.05) is 11.3 Å². The fourth-order valence-electron chi connectivity index (χ4n) is 9.90. The normalized spacial score (nSPS) is 13.7. The van der Waals surface area contributed by atoms with Crippen LogP contribution in [0.25, 0.3) is 91.9 Å². The minimum absolute atomic E-state index is 0.489. The first-order chi connectivity index (χ1) is 30.2. The topological polar surface area (TPSA) is 3.24 Å². The molecule has 288 valence electrons. The van der Waals surface area contributed by atoms with Gasteiger partial charge in [0.05, 0.1) is 0 Å². The SMILES string of the molecule is CC1CC=Cc2c1cc(-c1ccc(N(c3ccc(-c4ccccc4-c4cc5ccccc5c5ccccc45)cc3)c3ccc4sc5ccccc5c4c3)cc1)c1ccccc21. The van der Waals surface area contributed by atoms with Gasteiger partial charge >= 0.3 is 0 Å². The number of hydrogen-bond donors (Lipinski definition) is 0. The average Bonchev–Trinajstić information content (AvgIpc) is 3.70. The fraction of sp³-hybridized carbons (Fsp3) is 0.0508. The van der Waals surface area contributed by atoms with E-state index in [1.54, 1.807) is 0 Å². The number of nitrogens with zero attached hydrogens (tertiary/aromatic N) is 1. The Bertz CT molecular complexity index is 3520. The van der Waals surface area contributed by atoms with Gasteiger partial charge in [-0.05, 0) is 150 Å². The van der Waals surface area contributed by atoms with Gasteiger partial charge in [0.25, 0.3) is 0 Å². The molecule has 0 saturated carbocycles. The van der Waals surface area contributed by atoms with Gasteiger partial charge in [-0.25, -0.2) is 0 Å². The summed E-state index contributed by atoms with van der Waals surface area (Å²) in [6.07, 6.45) is 5.73. The molecule has 0 aliphatic heterocycles. The molecule has 10 aromatic carbocycles. The Labute approximate surface area is 360 Å². The number of allylic oxidation sites excluding steroid dienone is 1. The van der Waals surface area contributed by atoms with Crippen molar-refractivity contribution in [3.63, 3.8) is 0 Å². The molecule has 61 heavy (non-hydrogen) atoms. The Morgan fingerprint density at radius 2 is 0.967 bits per heavy atom. The number of anilines is 3. The van der Waals surface area contributed by atoms with Crippen LogP contribution in [0.5, 0.6) is 0 Å². The van der Waals surface area contributed by atoms with E-state index in [9.17, 15) is 0 Å². The molecule has 0 saturated heterocycles. The summed E-state index contributed by atoms with van der Waals surface area (Å²) in [5, 5.41) is 10.3. The van der Waals surface area contributed by atoms with Crippen molar-refractivity contribution in [3.8, 4) is 33.4 Å². The zero-order chi connectivity index (χ0) is 40.4. The molecule has 1 heterocycles. The van der Waals surface area contributed by atoms with Crippen molar-refractivity contribution in [1.29, 1.82) is 0 Å². The van der Waals surface area contributed by atoms with E-state index < -0.39 is 0 Å². The van der Waals surface area contributed by atoms with Gasteiger partial charge in [0.1, 0.15) is 0 Å². The zero-order valence-electron chi connectivity index (χ0n) is 33.8. The molecule has 1 aromatic heterocycles. The van der Waals surface area contributed by atoms with Crippen LogP contribution in [0.1, 0.15) is 30.4 Å². The van der Waals surface area contributed by atoms with Crippen LogP contribution in [0.15, 0.2) is 206 Å². The summed E-state index contributed by atoms with van der Waals surface area (Å²) in [6, 6.07) is 74.3. The second-order valence-electron chi connectivity index (χ2n) is 16.5. The number of rotatable bonds is 6. The summed E-state index contributed by atoms with van der Waals surface area (Å²) in [4.78, 5) is 2.42. The first-order valence-electron chi connectivity index (χ1n) is 21.3. The molecular weight excluding hydrogens is 755 g/mol. The van der Waals surface area contributed by atoms with Crippen molar-refractivity contribution in [2.75, 3.05) is 4.90 Å². The Balaban J connectivity index is 0.984. The Morgan fingerprint density at radius 3 is 1.72 bits per heavy atom. The highest BCUT2D eigenvalue weighted by atomic mass is 32.1. The van der Waals surface area contributed by atoms with Gasteiger partial charge in [-0.1, -0.05) is 159 Å². The smallest absolute Gasteiger partial charge is 0.0468 e. The third-order valence-corrected chi connectivity index (χ3v) is 14.1. The van der Waals surface area contributed by atoms with Crippen LogP contribution in [0.2, 0.25) is 0 Å². The molecule has 12 rings (SSSR count). The number of hydrogen-bond acceptors (Lipinski definition) is 2. The minimum atomic E-state index is 0.489. The van der Waals surface area contributed by atoms with E-state index in [1.165, 1.54) is 97.0 Å². The maximum absolute atomic E-state index is 2.45. The van der Waals surface area contributed by atoms with Gasteiger partial charge in [-0.15, -0.1) is 11.3 Å².